The second-order valence-corrected chi connectivity index (χ2v) is 4.53. The SMILES string of the molecule is CCC(C)C(C)Nc1nc2c(N)cccc2o1. The summed E-state index contributed by atoms with van der Waals surface area (Å²) in [4.78, 5) is 4.37. The van der Waals surface area contributed by atoms with Crippen LogP contribution in [0, 0.1) is 5.92 Å². The van der Waals surface area contributed by atoms with Crippen LogP contribution >= 0.6 is 0 Å². The topological polar surface area (TPSA) is 64.1 Å². The molecule has 0 spiro atoms. The van der Waals surface area contributed by atoms with Crippen molar-refractivity contribution in [3.63, 3.8) is 0 Å². The van der Waals surface area contributed by atoms with Crippen LogP contribution in [0.1, 0.15) is 27.2 Å². The first-order valence-electron chi connectivity index (χ1n) is 6.03. The van der Waals surface area contributed by atoms with Crippen LogP contribution in [0.25, 0.3) is 11.1 Å². The van der Waals surface area contributed by atoms with Gasteiger partial charge in [-0.3, -0.25) is 0 Å². The number of nitrogens with one attached hydrogen (secondary N) is 1. The van der Waals surface area contributed by atoms with Gasteiger partial charge in [0.05, 0.1) is 5.69 Å². The summed E-state index contributed by atoms with van der Waals surface area (Å²) in [7, 11) is 0. The summed E-state index contributed by atoms with van der Waals surface area (Å²) in [6, 6.07) is 6.44. The Kier molecular flexibility index (Phi) is 3.22. The van der Waals surface area contributed by atoms with E-state index in [1.54, 1.807) is 0 Å². The van der Waals surface area contributed by atoms with Gasteiger partial charge in [0.1, 0.15) is 5.52 Å². The summed E-state index contributed by atoms with van der Waals surface area (Å²) in [5.74, 6) is 0.572. The van der Waals surface area contributed by atoms with E-state index in [4.69, 9.17) is 10.2 Å². The van der Waals surface area contributed by atoms with Gasteiger partial charge < -0.3 is 15.5 Å². The van der Waals surface area contributed by atoms with Crippen LogP contribution in [-0.4, -0.2) is 11.0 Å². The van der Waals surface area contributed by atoms with Crippen LogP contribution in [0.4, 0.5) is 11.7 Å². The predicted octanol–water partition coefficient (Wildman–Crippen LogP) is 3.26. The molecule has 0 saturated carbocycles. The van der Waals surface area contributed by atoms with E-state index in [0.717, 1.165) is 17.5 Å². The smallest absolute Gasteiger partial charge is 0.295 e. The number of benzene rings is 1. The summed E-state index contributed by atoms with van der Waals surface area (Å²) in [6.07, 6.45) is 1.12. The molecule has 2 rings (SSSR count). The van der Waals surface area contributed by atoms with Crippen molar-refractivity contribution in [1.29, 1.82) is 0 Å². The van der Waals surface area contributed by atoms with Gasteiger partial charge in [-0.2, -0.15) is 4.98 Å². The molecule has 2 atom stereocenters. The van der Waals surface area contributed by atoms with E-state index in [0.29, 0.717) is 23.7 Å². The van der Waals surface area contributed by atoms with Crippen molar-refractivity contribution < 1.29 is 4.42 Å². The zero-order valence-electron chi connectivity index (χ0n) is 10.5. The van der Waals surface area contributed by atoms with Crippen LogP contribution in [0.2, 0.25) is 0 Å². The molecule has 2 aromatic rings. The zero-order valence-corrected chi connectivity index (χ0v) is 10.5. The van der Waals surface area contributed by atoms with Crippen LogP contribution in [0.3, 0.4) is 0 Å². The van der Waals surface area contributed by atoms with E-state index in [1.165, 1.54) is 0 Å². The molecule has 0 fully saturated rings. The van der Waals surface area contributed by atoms with Crippen molar-refractivity contribution in [2.75, 3.05) is 11.1 Å². The molecule has 0 saturated heterocycles. The first kappa shape index (κ1) is 11.8. The average Bonchev–Trinajstić information content (AvgIpc) is 2.72. The lowest BCUT2D eigenvalue weighted by atomic mass is 10.0. The fraction of sp³-hybridized carbons (Fsp3) is 0.462. The maximum absolute atomic E-state index is 5.84. The summed E-state index contributed by atoms with van der Waals surface area (Å²) >= 11 is 0. The Labute approximate surface area is 101 Å². The number of oxazole rings is 1. The van der Waals surface area contributed by atoms with Crippen LogP contribution in [-0.2, 0) is 0 Å². The van der Waals surface area contributed by atoms with E-state index >= 15 is 0 Å². The summed E-state index contributed by atoms with van der Waals surface area (Å²) in [6.45, 7) is 6.51. The minimum atomic E-state index is 0.328. The molecule has 4 nitrogen and oxygen atoms in total. The van der Waals surface area contributed by atoms with Gasteiger partial charge in [-0.1, -0.05) is 26.3 Å². The van der Waals surface area contributed by atoms with Crippen molar-refractivity contribution in [3.05, 3.63) is 18.2 Å². The molecule has 0 aliphatic carbocycles. The molecule has 0 radical (unpaired) electrons. The lowest BCUT2D eigenvalue weighted by Crippen LogP contribution is -2.23. The molecule has 4 heteroatoms. The average molecular weight is 233 g/mol. The number of para-hydroxylation sites is 1. The molecule has 0 aliphatic rings. The quantitative estimate of drug-likeness (QED) is 0.795. The molecule has 0 aliphatic heterocycles. The molecule has 3 N–H and O–H groups in total. The molecular formula is C13H19N3O. The highest BCUT2D eigenvalue weighted by Crippen LogP contribution is 2.24. The van der Waals surface area contributed by atoms with Crippen molar-refractivity contribution in [1.82, 2.24) is 4.98 Å². The van der Waals surface area contributed by atoms with Gasteiger partial charge in [-0.15, -0.1) is 0 Å². The predicted molar refractivity (Wildman–Crippen MR) is 71.0 cm³/mol. The van der Waals surface area contributed by atoms with Crippen molar-refractivity contribution >= 4 is 22.8 Å². The standard InChI is InChI=1S/C13H19N3O/c1-4-8(2)9(3)15-13-16-12-10(14)6-5-7-11(12)17-13/h5-9H,4,14H2,1-3H3,(H,15,16). The number of nitrogens with two attached hydrogens (primary N) is 1. The molecule has 92 valence electrons. The Morgan fingerprint density at radius 3 is 2.82 bits per heavy atom. The van der Waals surface area contributed by atoms with Gasteiger partial charge in [-0.25, -0.2) is 0 Å². The number of fused-ring (bicyclic) bond motifs is 1. The monoisotopic (exact) mass is 233 g/mol. The first-order chi connectivity index (χ1) is 8.11. The fourth-order valence-corrected chi connectivity index (χ4v) is 1.72. The highest BCUT2D eigenvalue weighted by atomic mass is 16.4. The minimum absolute atomic E-state index is 0.328. The number of hydrogen-bond donors (Lipinski definition) is 2. The molecule has 0 bridgehead atoms. The van der Waals surface area contributed by atoms with Crippen LogP contribution < -0.4 is 11.1 Å². The maximum atomic E-state index is 5.84. The van der Waals surface area contributed by atoms with Crippen LogP contribution in [0.15, 0.2) is 22.6 Å². The maximum Gasteiger partial charge on any atom is 0.295 e. The summed E-state index contributed by atoms with van der Waals surface area (Å²) in [5.41, 5.74) is 7.94. The molecule has 1 aromatic carbocycles. The number of nitrogen functional groups attached to an aromatic ring is 1. The van der Waals surface area contributed by atoms with E-state index < -0.39 is 0 Å². The highest BCUT2D eigenvalue weighted by Gasteiger charge is 2.14. The van der Waals surface area contributed by atoms with Crippen molar-refractivity contribution in [2.45, 2.75) is 33.2 Å². The van der Waals surface area contributed by atoms with Gasteiger partial charge in [-0.05, 0) is 25.0 Å². The van der Waals surface area contributed by atoms with E-state index in [2.05, 4.69) is 31.1 Å². The minimum Gasteiger partial charge on any atom is -0.423 e. The summed E-state index contributed by atoms with van der Waals surface area (Å²) in [5, 5.41) is 3.28. The van der Waals surface area contributed by atoms with Gasteiger partial charge in [0.2, 0.25) is 0 Å². The third-order valence-corrected chi connectivity index (χ3v) is 3.30. The van der Waals surface area contributed by atoms with Crippen molar-refractivity contribution in [2.24, 2.45) is 5.92 Å². The molecule has 0 amide bonds. The van der Waals surface area contributed by atoms with Crippen molar-refractivity contribution in [3.8, 4) is 0 Å². The zero-order chi connectivity index (χ0) is 12.4. The fourth-order valence-electron chi connectivity index (χ4n) is 1.72. The number of rotatable bonds is 4. The van der Waals surface area contributed by atoms with Crippen LogP contribution in [0.5, 0.6) is 0 Å². The summed E-state index contributed by atoms with van der Waals surface area (Å²) < 4.78 is 5.61. The number of nitrogens with zero attached hydrogens (tertiary/aromatic N) is 1. The number of hydrogen-bond acceptors (Lipinski definition) is 4. The van der Waals surface area contributed by atoms with Gasteiger partial charge >= 0.3 is 0 Å². The molecular weight excluding hydrogens is 214 g/mol. The Morgan fingerprint density at radius 2 is 2.18 bits per heavy atom. The molecule has 2 unspecified atom stereocenters. The van der Waals surface area contributed by atoms with E-state index in [9.17, 15) is 0 Å². The van der Waals surface area contributed by atoms with E-state index in [-0.39, 0.29) is 0 Å². The largest absolute Gasteiger partial charge is 0.423 e. The van der Waals surface area contributed by atoms with Gasteiger partial charge in [0.15, 0.2) is 5.58 Å². The van der Waals surface area contributed by atoms with E-state index in [1.807, 2.05) is 18.2 Å². The number of anilines is 2. The Bertz CT molecular complexity index is 506. The normalized spacial score (nSPS) is 14.8. The third kappa shape index (κ3) is 2.35. The first-order valence-corrected chi connectivity index (χ1v) is 6.03. The highest BCUT2D eigenvalue weighted by molar-refractivity contribution is 5.86. The second kappa shape index (κ2) is 4.65. The number of aromatic nitrogens is 1. The Morgan fingerprint density at radius 1 is 1.41 bits per heavy atom. The van der Waals surface area contributed by atoms with Gasteiger partial charge in [0.25, 0.3) is 6.01 Å². The lowest BCUT2D eigenvalue weighted by molar-refractivity contribution is 0.478. The third-order valence-electron chi connectivity index (χ3n) is 3.30. The van der Waals surface area contributed by atoms with Gasteiger partial charge in [0, 0.05) is 6.04 Å². The molecule has 1 aromatic heterocycles. The molecule has 1 heterocycles. The second-order valence-electron chi connectivity index (χ2n) is 4.53. The Hall–Kier alpha value is -1.71. The Balaban J connectivity index is 2.23. The lowest BCUT2D eigenvalue weighted by Gasteiger charge is -2.18. The molecule has 17 heavy (non-hydrogen) atoms.